The van der Waals surface area contributed by atoms with Crippen molar-refractivity contribution in [1.82, 2.24) is 4.98 Å². The number of thiazole rings is 1. The van der Waals surface area contributed by atoms with Crippen LogP contribution in [0.2, 0.25) is 0 Å². The van der Waals surface area contributed by atoms with Crippen molar-refractivity contribution in [2.45, 2.75) is 0 Å². The number of nitriles is 1. The van der Waals surface area contributed by atoms with E-state index in [1.54, 1.807) is 29.8 Å². The van der Waals surface area contributed by atoms with Crippen molar-refractivity contribution < 1.29 is 4.74 Å². The summed E-state index contributed by atoms with van der Waals surface area (Å²) in [5, 5.41) is 8.86. The predicted octanol–water partition coefficient (Wildman–Crippen LogP) is 3.54. The van der Waals surface area contributed by atoms with E-state index in [1.807, 2.05) is 12.1 Å². The minimum absolute atomic E-state index is 0.515. The monoisotopic (exact) mass is 267 g/mol. The molecule has 3 aromatic rings. The Morgan fingerprint density at radius 2 is 2.16 bits per heavy atom. The van der Waals surface area contributed by atoms with E-state index in [0.29, 0.717) is 22.7 Å². The molecule has 2 N–H and O–H groups in total. The minimum atomic E-state index is 0.515. The van der Waals surface area contributed by atoms with Crippen LogP contribution in [-0.2, 0) is 0 Å². The molecule has 0 saturated carbocycles. The van der Waals surface area contributed by atoms with Crippen LogP contribution in [0.3, 0.4) is 0 Å². The maximum Gasteiger partial charge on any atom is 0.152 e. The van der Waals surface area contributed by atoms with Gasteiger partial charge < -0.3 is 10.5 Å². The lowest BCUT2D eigenvalue weighted by Gasteiger charge is -2.08. The van der Waals surface area contributed by atoms with Gasteiger partial charge in [0.15, 0.2) is 5.75 Å². The Morgan fingerprint density at radius 3 is 3.00 bits per heavy atom. The molecule has 4 nitrogen and oxygen atoms in total. The lowest BCUT2D eigenvalue weighted by atomic mass is 10.2. The Morgan fingerprint density at radius 1 is 1.26 bits per heavy atom. The summed E-state index contributed by atoms with van der Waals surface area (Å²) in [6.45, 7) is 0. The first-order valence-electron chi connectivity index (χ1n) is 5.57. The van der Waals surface area contributed by atoms with Gasteiger partial charge in [0.25, 0.3) is 0 Å². The zero-order valence-electron chi connectivity index (χ0n) is 9.83. The number of fused-ring (bicyclic) bond motifs is 1. The number of hydrogen-bond acceptors (Lipinski definition) is 5. The number of nitrogens with two attached hydrogens (primary N) is 1. The quantitative estimate of drug-likeness (QED) is 0.721. The first-order valence-corrected chi connectivity index (χ1v) is 6.45. The second-order valence-electron chi connectivity index (χ2n) is 3.92. The van der Waals surface area contributed by atoms with E-state index in [2.05, 4.69) is 11.1 Å². The van der Waals surface area contributed by atoms with Crippen molar-refractivity contribution in [2.75, 3.05) is 5.73 Å². The summed E-state index contributed by atoms with van der Waals surface area (Å²) in [4.78, 5) is 4.22. The number of benzene rings is 2. The first kappa shape index (κ1) is 11.5. The molecular formula is C14H9N3OS. The highest BCUT2D eigenvalue weighted by atomic mass is 32.1. The topological polar surface area (TPSA) is 71.9 Å². The number of ether oxygens (including phenoxy) is 1. The molecule has 0 saturated heterocycles. The Labute approximate surface area is 113 Å². The Bertz CT molecular complexity index is 789. The summed E-state index contributed by atoms with van der Waals surface area (Å²) in [5.41, 5.74) is 9.60. The van der Waals surface area contributed by atoms with Crippen LogP contribution < -0.4 is 10.5 Å². The average molecular weight is 267 g/mol. The van der Waals surface area contributed by atoms with Crippen molar-refractivity contribution in [3.8, 4) is 17.6 Å². The van der Waals surface area contributed by atoms with Crippen LogP contribution in [0.5, 0.6) is 11.5 Å². The van der Waals surface area contributed by atoms with Gasteiger partial charge in [-0.3, -0.25) is 0 Å². The molecule has 0 aliphatic rings. The van der Waals surface area contributed by atoms with E-state index in [4.69, 9.17) is 15.7 Å². The number of aromatic nitrogens is 1. The van der Waals surface area contributed by atoms with Crippen LogP contribution in [0.1, 0.15) is 5.56 Å². The van der Waals surface area contributed by atoms with Crippen LogP contribution in [0.15, 0.2) is 41.9 Å². The van der Waals surface area contributed by atoms with E-state index < -0.39 is 0 Å². The van der Waals surface area contributed by atoms with Crippen molar-refractivity contribution in [1.29, 1.82) is 5.26 Å². The molecule has 0 spiro atoms. The van der Waals surface area contributed by atoms with E-state index in [1.165, 1.54) is 11.3 Å². The maximum absolute atomic E-state index is 8.86. The zero-order valence-corrected chi connectivity index (χ0v) is 10.6. The van der Waals surface area contributed by atoms with Gasteiger partial charge >= 0.3 is 0 Å². The molecule has 1 aromatic heterocycles. The van der Waals surface area contributed by atoms with Gasteiger partial charge in [-0.1, -0.05) is 6.07 Å². The third kappa shape index (κ3) is 2.09. The van der Waals surface area contributed by atoms with Gasteiger partial charge in [-0.05, 0) is 30.3 Å². The van der Waals surface area contributed by atoms with Gasteiger partial charge in [0.1, 0.15) is 17.0 Å². The molecule has 0 aliphatic carbocycles. The number of nitrogens with zero attached hydrogens (tertiary/aromatic N) is 2. The molecule has 1 heterocycles. The summed E-state index contributed by atoms with van der Waals surface area (Å²) in [7, 11) is 0. The SMILES string of the molecule is N#Cc1cccc(Oc2ccc3scnc3c2N)c1. The van der Waals surface area contributed by atoms with Crippen LogP contribution in [0.4, 0.5) is 5.69 Å². The fourth-order valence-electron chi connectivity index (χ4n) is 1.78. The van der Waals surface area contributed by atoms with Crippen molar-refractivity contribution >= 4 is 27.2 Å². The second kappa shape index (κ2) is 4.59. The zero-order chi connectivity index (χ0) is 13.2. The standard InChI is InChI=1S/C14H9N3OS/c15-7-9-2-1-3-10(6-9)18-11-4-5-12-14(13(11)16)17-8-19-12/h1-6,8H,16H2. The molecule has 92 valence electrons. The van der Waals surface area contributed by atoms with Gasteiger partial charge in [0.2, 0.25) is 0 Å². The smallest absolute Gasteiger partial charge is 0.152 e. The van der Waals surface area contributed by atoms with Crippen LogP contribution >= 0.6 is 11.3 Å². The Kier molecular flexibility index (Phi) is 2.78. The Hall–Kier alpha value is -2.58. The molecule has 0 radical (unpaired) electrons. The highest BCUT2D eigenvalue weighted by Gasteiger charge is 2.09. The van der Waals surface area contributed by atoms with Gasteiger partial charge in [-0.25, -0.2) is 4.98 Å². The molecule has 0 amide bonds. The molecular weight excluding hydrogens is 258 g/mol. The van der Waals surface area contributed by atoms with E-state index in [-0.39, 0.29) is 0 Å². The lowest BCUT2D eigenvalue weighted by Crippen LogP contribution is -1.93. The predicted molar refractivity (Wildman–Crippen MR) is 75.3 cm³/mol. The number of hydrogen-bond donors (Lipinski definition) is 1. The van der Waals surface area contributed by atoms with Crippen molar-refractivity contribution in [3.05, 3.63) is 47.5 Å². The largest absolute Gasteiger partial charge is 0.455 e. The van der Waals surface area contributed by atoms with Gasteiger partial charge in [0, 0.05) is 0 Å². The number of rotatable bonds is 2. The molecule has 0 aliphatic heterocycles. The molecule has 19 heavy (non-hydrogen) atoms. The van der Waals surface area contributed by atoms with Crippen molar-refractivity contribution in [3.63, 3.8) is 0 Å². The second-order valence-corrected chi connectivity index (χ2v) is 4.80. The third-order valence-corrected chi connectivity index (χ3v) is 3.49. The van der Waals surface area contributed by atoms with Crippen molar-refractivity contribution in [2.24, 2.45) is 0 Å². The van der Waals surface area contributed by atoms with E-state index in [0.717, 1.165) is 10.2 Å². The van der Waals surface area contributed by atoms with Gasteiger partial charge in [-0.15, -0.1) is 11.3 Å². The average Bonchev–Trinajstić information content (AvgIpc) is 2.91. The third-order valence-electron chi connectivity index (χ3n) is 2.69. The van der Waals surface area contributed by atoms with Crippen LogP contribution in [-0.4, -0.2) is 4.98 Å². The molecule has 2 aromatic carbocycles. The Balaban J connectivity index is 2.01. The summed E-state index contributed by atoms with van der Waals surface area (Å²) < 4.78 is 6.74. The highest BCUT2D eigenvalue weighted by Crippen LogP contribution is 2.34. The van der Waals surface area contributed by atoms with E-state index >= 15 is 0 Å². The van der Waals surface area contributed by atoms with Gasteiger partial charge in [-0.2, -0.15) is 5.26 Å². The molecule has 0 bridgehead atoms. The molecule has 0 atom stereocenters. The maximum atomic E-state index is 8.86. The summed E-state index contributed by atoms with van der Waals surface area (Å²) in [6.07, 6.45) is 0. The normalized spacial score (nSPS) is 10.3. The summed E-state index contributed by atoms with van der Waals surface area (Å²) in [5.74, 6) is 1.13. The highest BCUT2D eigenvalue weighted by molar-refractivity contribution is 7.16. The number of nitrogen functional groups attached to an aromatic ring is 1. The van der Waals surface area contributed by atoms with Crippen LogP contribution in [0, 0.1) is 11.3 Å². The fraction of sp³-hybridized carbons (Fsp3) is 0. The first-order chi connectivity index (χ1) is 9.28. The fourth-order valence-corrected chi connectivity index (χ4v) is 2.47. The molecule has 0 unspecified atom stereocenters. The summed E-state index contributed by atoms with van der Waals surface area (Å²) in [6, 6.07) is 12.8. The summed E-state index contributed by atoms with van der Waals surface area (Å²) >= 11 is 1.53. The van der Waals surface area contributed by atoms with Crippen LogP contribution in [0.25, 0.3) is 10.2 Å². The number of anilines is 1. The molecule has 3 rings (SSSR count). The lowest BCUT2D eigenvalue weighted by molar-refractivity contribution is 0.485. The molecule has 0 fully saturated rings. The molecule has 5 heteroatoms. The van der Waals surface area contributed by atoms with Gasteiger partial charge in [0.05, 0.1) is 21.8 Å². The van der Waals surface area contributed by atoms with E-state index in [9.17, 15) is 0 Å². The minimum Gasteiger partial charge on any atom is -0.455 e.